The van der Waals surface area contributed by atoms with Crippen LogP contribution in [-0.2, 0) is 7.05 Å². The van der Waals surface area contributed by atoms with Crippen molar-refractivity contribution in [3.05, 3.63) is 41.6 Å². The quantitative estimate of drug-likeness (QED) is 0.822. The number of hydrogen-bond donors (Lipinski definition) is 2. The molecule has 0 atom stereocenters. The summed E-state index contributed by atoms with van der Waals surface area (Å²) in [5.74, 6) is 0.197. The van der Waals surface area contributed by atoms with Gasteiger partial charge in [0.05, 0.1) is 0 Å². The zero-order valence-electron chi connectivity index (χ0n) is 9.77. The van der Waals surface area contributed by atoms with Gasteiger partial charge in [-0.1, -0.05) is 12.1 Å². The lowest BCUT2D eigenvalue weighted by Crippen LogP contribution is -2.13. The summed E-state index contributed by atoms with van der Waals surface area (Å²) in [6.07, 6.45) is 0. The van der Waals surface area contributed by atoms with Crippen LogP contribution >= 0.6 is 0 Å². The van der Waals surface area contributed by atoms with Crippen LogP contribution < -0.4 is 11.1 Å². The van der Waals surface area contributed by atoms with E-state index in [0.717, 1.165) is 11.3 Å². The van der Waals surface area contributed by atoms with Gasteiger partial charge in [-0.3, -0.25) is 9.48 Å². The van der Waals surface area contributed by atoms with Crippen LogP contribution in [0.5, 0.6) is 0 Å². The molecule has 2 aromatic rings. The predicted octanol–water partition coefficient (Wildman–Crippen LogP) is 1.56. The number of benzene rings is 1. The molecule has 1 amide bonds. The topological polar surface area (TPSA) is 72.9 Å². The maximum Gasteiger partial charge on any atom is 0.276 e. The molecule has 1 heterocycles. The van der Waals surface area contributed by atoms with Gasteiger partial charge in [0.1, 0.15) is 5.82 Å². The van der Waals surface area contributed by atoms with Crippen LogP contribution in [0.4, 0.5) is 11.5 Å². The van der Waals surface area contributed by atoms with E-state index in [1.807, 2.05) is 31.2 Å². The minimum atomic E-state index is -0.261. The molecule has 0 spiro atoms. The maximum atomic E-state index is 11.8. The van der Waals surface area contributed by atoms with Gasteiger partial charge >= 0.3 is 0 Å². The highest BCUT2D eigenvalue weighted by atomic mass is 16.1. The Morgan fingerprint density at radius 3 is 2.76 bits per heavy atom. The van der Waals surface area contributed by atoms with E-state index in [2.05, 4.69) is 10.4 Å². The van der Waals surface area contributed by atoms with Gasteiger partial charge in [-0.15, -0.1) is 0 Å². The molecule has 0 aliphatic rings. The second-order valence-corrected chi connectivity index (χ2v) is 3.90. The van der Waals surface area contributed by atoms with Crippen LogP contribution in [0.15, 0.2) is 30.3 Å². The molecule has 0 aliphatic carbocycles. The fourth-order valence-corrected chi connectivity index (χ4v) is 1.51. The lowest BCUT2D eigenvalue weighted by molar-refractivity contribution is 0.102. The van der Waals surface area contributed by atoms with E-state index in [0.29, 0.717) is 11.5 Å². The minimum Gasteiger partial charge on any atom is -0.384 e. The Morgan fingerprint density at radius 2 is 2.18 bits per heavy atom. The molecule has 5 nitrogen and oxygen atoms in total. The second kappa shape index (κ2) is 4.29. The van der Waals surface area contributed by atoms with Crippen molar-refractivity contribution >= 4 is 17.4 Å². The van der Waals surface area contributed by atoms with Crippen molar-refractivity contribution in [3.8, 4) is 0 Å². The first-order chi connectivity index (χ1) is 8.06. The number of aromatic nitrogens is 2. The monoisotopic (exact) mass is 230 g/mol. The van der Waals surface area contributed by atoms with Crippen molar-refractivity contribution in [1.29, 1.82) is 0 Å². The molecule has 0 unspecified atom stereocenters. The Hall–Kier alpha value is -2.30. The number of nitrogen functional groups attached to an aromatic ring is 1. The normalized spacial score (nSPS) is 10.2. The summed E-state index contributed by atoms with van der Waals surface area (Å²) in [5.41, 5.74) is 7.76. The van der Waals surface area contributed by atoms with Crippen molar-refractivity contribution < 1.29 is 4.79 Å². The predicted molar refractivity (Wildman–Crippen MR) is 66.8 cm³/mol. The van der Waals surface area contributed by atoms with Gasteiger partial charge < -0.3 is 11.1 Å². The van der Waals surface area contributed by atoms with Crippen LogP contribution in [0.2, 0.25) is 0 Å². The highest BCUT2D eigenvalue weighted by molar-refractivity contribution is 6.03. The van der Waals surface area contributed by atoms with Crippen LogP contribution in [0, 0.1) is 6.92 Å². The number of hydrogen-bond acceptors (Lipinski definition) is 3. The molecule has 88 valence electrons. The molecule has 1 aromatic carbocycles. The van der Waals surface area contributed by atoms with Gasteiger partial charge in [-0.2, -0.15) is 5.10 Å². The Bertz CT molecular complexity index is 540. The number of rotatable bonds is 2. The fraction of sp³-hybridized carbons (Fsp3) is 0.167. The summed E-state index contributed by atoms with van der Waals surface area (Å²) in [6.45, 7) is 1.97. The van der Waals surface area contributed by atoms with Crippen molar-refractivity contribution in [2.24, 2.45) is 7.05 Å². The van der Waals surface area contributed by atoms with E-state index in [-0.39, 0.29) is 5.91 Å². The first-order valence-corrected chi connectivity index (χ1v) is 5.24. The Balaban J connectivity index is 2.17. The average molecular weight is 230 g/mol. The van der Waals surface area contributed by atoms with Gasteiger partial charge in [0, 0.05) is 18.8 Å². The molecule has 0 fully saturated rings. The zero-order valence-corrected chi connectivity index (χ0v) is 9.77. The highest BCUT2D eigenvalue weighted by Crippen LogP contribution is 2.12. The van der Waals surface area contributed by atoms with E-state index in [1.165, 1.54) is 4.68 Å². The summed E-state index contributed by atoms with van der Waals surface area (Å²) in [6, 6.07) is 9.12. The Labute approximate surface area is 99.2 Å². The van der Waals surface area contributed by atoms with E-state index >= 15 is 0 Å². The number of nitrogens with zero attached hydrogens (tertiary/aromatic N) is 2. The number of anilines is 2. The van der Waals surface area contributed by atoms with Crippen molar-refractivity contribution in [3.63, 3.8) is 0 Å². The summed E-state index contributed by atoms with van der Waals surface area (Å²) in [5, 5.41) is 6.78. The minimum absolute atomic E-state index is 0.261. The number of carbonyl (C=O) groups is 1. The number of nitrogens with two attached hydrogens (primary N) is 1. The average Bonchev–Trinajstić information content (AvgIpc) is 2.59. The highest BCUT2D eigenvalue weighted by Gasteiger charge is 2.11. The SMILES string of the molecule is Cc1cccc(NC(=O)c2cc(N)n(C)n2)c1. The Morgan fingerprint density at radius 1 is 1.41 bits per heavy atom. The third kappa shape index (κ3) is 2.44. The molecular weight excluding hydrogens is 216 g/mol. The molecule has 3 N–H and O–H groups in total. The first kappa shape index (κ1) is 11.2. The lowest BCUT2D eigenvalue weighted by Gasteiger charge is -2.03. The van der Waals surface area contributed by atoms with Gasteiger partial charge in [0.15, 0.2) is 5.69 Å². The van der Waals surface area contributed by atoms with Crippen molar-refractivity contribution in [1.82, 2.24) is 9.78 Å². The maximum absolute atomic E-state index is 11.8. The summed E-state index contributed by atoms with van der Waals surface area (Å²) in [7, 11) is 1.69. The molecule has 17 heavy (non-hydrogen) atoms. The summed E-state index contributed by atoms with van der Waals surface area (Å²) < 4.78 is 1.46. The van der Waals surface area contributed by atoms with E-state index < -0.39 is 0 Å². The standard InChI is InChI=1S/C12H14N4O/c1-8-4-3-5-9(6-8)14-12(17)10-7-11(13)16(2)15-10/h3-7H,13H2,1-2H3,(H,14,17). The van der Waals surface area contributed by atoms with Crippen LogP contribution in [0.3, 0.4) is 0 Å². The molecule has 2 rings (SSSR count). The van der Waals surface area contributed by atoms with Crippen molar-refractivity contribution in [2.45, 2.75) is 6.92 Å². The van der Waals surface area contributed by atoms with E-state index in [1.54, 1.807) is 13.1 Å². The Kier molecular flexibility index (Phi) is 2.82. The van der Waals surface area contributed by atoms with Crippen LogP contribution in [0.25, 0.3) is 0 Å². The second-order valence-electron chi connectivity index (χ2n) is 3.90. The van der Waals surface area contributed by atoms with Gasteiger partial charge in [0.2, 0.25) is 0 Å². The lowest BCUT2D eigenvalue weighted by atomic mass is 10.2. The summed E-state index contributed by atoms with van der Waals surface area (Å²) >= 11 is 0. The molecule has 0 radical (unpaired) electrons. The number of aryl methyl sites for hydroxylation is 2. The molecule has 0 bridgehead atoms. The molecule has 0 saturated heterocycles. The van der Waals surface area contributed by atoms with E-state index in [9.17, 15) is 4.79 Å². The number of amides is 1. The largest absolute Gasteiger partial charge is 0.384 e. The zero-order chi connectivity index (χ0) is 12.4. The van der Waals surface area contributed by atoms with Gasteiger partial charge in [0.25, 0.3) is 5.91 Å². The van der Waals surface area contributed by atoms with Crippen LogP contribution in [0.1, 0.15) is 16.1 Å². The summed E-state index contributed by atoms with van der Waals surface area (Å²) in [4.78, 5) is 11.8. The molecule has 0 aliphatic heterocycles. The molecule has 5 heteroatoms. The van der Waals surface area contributed by atoms with Crippen molar-refractivity contribution in [2.75, 3.05) is 11.1 Å². The third-order valence-corrected chi connectivity index (χ3v) is 2.42. The number of nitrogens with one attached hydrogen (secondary N) is 1. The molecular formula is C12H14N4O. The van der Waals surface area contributed by atoms with Gasteiger partial charge in [-0.05, 0) is 24.6 Å². The van der Waals surface area contributed by atoms with E-state index in [4.69, 9.17) is 5.73 Å². The first-order valence-electron chi connectivity index (χ1n) is 5.24. The molecule has 0 saturated carbocycles. The third-order valence-electron chi connectivity index (χ3n) is 2.42. The smallest absolute Gasteiger partial charge is 0.276 e. The number of carbonyl (C=O) groups excluding carboxylic acids is 1. The van der Waals surface area contributed by atoms with Crippen LogP contribution in [-0.4, -0.2) is 15.7 Å². The fourth-order valence-electron chi connectivity index (χ4n) is 1.51. The molecule has 1 aromatic heterocycles. The van der Waals surface area contributed by atoms with Gasteiger partial charge in [-0.25, -0.2) is 0 Å².